The topological polar surface area (TPSA) is 78.1 Å². The molecular weight excluding hydrogens is 340 g/mol. The molecule has 0 unspecified atom stereocenters. The minimum Gasteiger partial charge on any atom is -0.356 e. The van der Waals surface area contributed by atoms with Gasteiger partial charge in [-0.15, -0.1) is 0 Å². The first kappa shape index (κ1) is 17.3. The molecule has 4 rings (SSSR count). The van der Waals surface area contributed by atoms with Crippen LogP contribution in [0.15, 0.2) is 48.8 Å². The highest BCUT2D eigenvalue weighted by atomic mass is 16.2. The average Bonchev–Trinajstić information content (AvgIpc) is 3.36. The first-order valence-electron chi connectivity index (χ1n) is 9.26. The molecule has 6 nitrogen and oxygen atoms in total. The summed E-state index contributed by atoms with van der Waals surface area (Å²) >= 11 is 0. The van der Waals surface area contributed by atoms with Crippen molar-refractivity contribution in [3.8, 4) is 11.1 Å². The fraction of sp³-hybridized carbons (Fsp3) is 0.286. The summed E-state index contributed by atoms with van der Waals surface area (Å²) in [5, 5.41) is 3.88. The predicted molar refractivity (Wildman–Crippen MR) is 104 cm³/mol. The highest BCUT2D eigenvalue weighted by Gasteiger charge is 2.31. The Balaban J connectivity index is 1.53. The number of carbonyl (C=O) groups excluding carboxylic acids is 2. The lowest BCUT2D eigenvalue weighted by Crippen LogP contribution is -2.34. The number of amides is 2. The smallest absolute Gasteiger partial charge is 0.253 e. The van der Waals surface area contributed by atoms with Crippen LogP contribution in [0.1, 0.15) is 23.7 Å². The lowest BCUT2D eigenvalue weighted by molar-refractivity contribution is -0.124. The molecule has 1 saturated heterocycles. The van der Waals surface area contributed by atoms with Gasteiger partial charge in [0.25, 0.3) is 5.91 Å². The molecule has 3 heterocycles. The van der Waals surface area contributed by atoms with Crippen molar-refractivity contribution in [3.05, 3.63) is 54.4 Å². The quantitative estimate of drug-likeness (QED) is 0.749. The molecule has 2 amide bonds. The zero-order valence-electron chi connectivity index (χ0n) is 15.2. The first-order valence-corrected chi connectivity index (χ1v) is 9.26. The zero-order chi connectivity index (χ0) is 18.8. The van der Waals surface area contributed by atoms with Gasteiger partial charge in [-0.2, -0.15) is 0 Å². The van der Waals surface area contributed by atoms with Crippen LogP contribution in [0.25, 0.3) is 22.2 Å². The maximum absolute atomic E-state index is 12.9. The summed E-state index contributed by atoms with van der Waals surface area (Å²) in [5.41, 5.74) is 3.41. The van der Waals surface area contributed by atoms with Crippen molar-refractivity contribution in [3.63, 3.8) is 0 Å². The molecule has 1 aliphatic rings. The van der Waals surface area contributed by atoms with E-state index >= 15 is 0 Å². The normalized spacial score (nSPS) is 16.6. The number of likely N-dealkylation sites (tertiary alicyclic amines) is 1. The minimum atomic E-state index is -0.114. The van der Waals surface area contributed by atoms with Crippen molar-refractivity contribution in [2.45, 2.75) is 13.3 Å². The molecule has 6 heteroatoms. The lowest BCUT2D eigenvalue weighted by Gasteiger charge is -2.17. The molecule has 1 aromatic carbocycles. The van der Waals surface area contributed by atoms with E-state index in [2.05, 4.69) is 21.4 Å². The third kappa shape index (κ3) is 3.43. The van der Waals surface area contributed by atoms with Crippen LogP contribution in [-0.2, 0) is 4.79 Å². The van der Waals surface area contributed by atoms with Crippen molar-refractivity contribution in [1.82, 2.24) is 20.2 Å². The molecule has 2 aromatic heterocycles. The standard InChI is InChI=1S/C21H22N4O2/c1-2-22-20(26)17-7-9-25(13-17)21(27)16-5-3-4-14(10-16)18-11-15-6-8-23-19(15)24-12-18/h3-6,8,10-12,17H,2,7,9,13H2,1H3,(H,22,26)(H,23,24)/t17-/m0/s1. The third-order valence-corrected chi connectivity index (χ3v) is 5.04. The zero-order valence-corrected chi connectivity index (χ0v) is 15.2. The summed E-state index contributed by atoms with van der Waals surface area (Å²) < 4.78 is 0. The van der Waals surface area contributed by atoms with Crippen LogP contribution >= 0.6 is 0 Å². The number of aromatic amines is 1. The molecule has 0 aliphatic carbocycles. The van der Waals surface area contributed by atoms with Gasteiger partial charge in [-0.1, -0.05) is 12.1 Å². The maximum Gasteiger partial charge on any atom is 0.253 e. The number of hydrogen-bond acceptors (Lipinski definition) is 3. The largest absolute Gasteiger partial charge is 0.356 e. The van der Waals surface area contributed by atoms with Crippen LogP contribution in [0.5, 0.6) is 0 Å². The number of hydrogen-bond donors (Lipinski definition) is 2. The second kappa shape index (κ2) is 7.23. The van der Waals surface area contributed by atoms with Gasteiger partial charge < -0.3 is 15.2 Å². The van der Waals surface area contributed by atoms with Crippen molar-refractivity contribution < 1.29 is 9.59 Å². The summed E-state index contributed by atoms with van der Waals surface area (Å²) in [6.45, 7) is 3.61. The molecule has 0 saturated carbocycles. The van der Waals surface area contributed by atoms with Crippen molar-refractivity contribution in [1.29, 1.82) is 0 Å². The summed E-state index contributed by atoms with van der Waals surface area (Å²) in [6, 6.07) is 11.6. The fourth-order valence-electron chi connectivity index (χ4n) is 3.59. The molecule has 1 atom stereocenters. The molecule has 3 aromatic rings. The molecular formula is C21H22N4O2. The van der Waals surface area contributed by atoms with Gasteiger partial charge in [0, 0.05) is 48.5 Å². The summed E-state index contributed by atoms with van der Waals surface area (Å²) in [7, 11) is 0. The summed E-state index contributed by atoms with van der Waals surface area (Å²) in [4.78, 5) is 34.2. The van der Waals surface area contributed by atoms with Crippen molar-refractivity contribution >= 4 is 22.8 Å². The summed E-state index contributed by atoms with van der Waals surface area (Å²) in [6.07, 6.45) is 4.38. The molecule has 2 N–H and O–H groups in total. The Morgan fingerprint density at radius 3 is 3.00 bits per heavy atom. The molecule has 27 heavy (non-hydrogen) atoms. The summed E-state index contributed by atoms with van der Waals surface area (Å²) in [5.74, 6) is -0.107. The van der Waals surface area contributed by atoms with Crippen molar-refractivity contribution in [2.75, 3.05) is 19.6 Å². The van der Waals surface area contributed by atoms with Gasteiger partial charge in [0.15, 0.2) is 0 Å². The van der Waals surface area contributed by atoms with Crippen molar-refractivity contribution in [2.24, 2.45) is 5.92 Å². The highest BCUT2D eigenvalue weighted by molar-refractivity contribution is 5.96. The van der Waals surface area contributed by atoms with Crippen LogP contribution in [0.2, 0.25) is 0 Å². The monoisotopic (exact) mass is 362 g/mol. The van der Waals surface area contributed by atoms with E-state index < -0.39 is 0 Å². The van der Waals surface area contributed by atoms with Gasteiger partial charge in [0.05, 0.1) is 5.92 Å². The number of fused-ring (bicyclic) bond motifs is 1. The van der Waals surface area contributed by atoms with Crippen LogP contribution in [0.4, 0.5) is 0 Å². The number of nitrogens with one attached hydrogen (secondary N) is 2. The second-order valence-electron chi connectivity index (χ2n) is 6.85. The predicted octanol–water partition coefficient (Wildman–Crippen LogP) is 2.83. The van der Waals surface area contributed by atoms with Gasteiger partial charge >= 0.3 is 0 Å². The van der Waals surface area contributed by atoms with Gasteiger partial charge in [-0.3, -0.25) is 9.59 Å². The van der Waals surface area contributed by atoms with E-state index in [0.29, 0.717) is 31.6 Å². The van der Waals surface area contributed by atoms with Crippen LogP contribution in [0, 0.1) is 5.92 Å². The van der Waals surface area contributed by atoms with Crippen LogP contribution < -0.4 is 5.32 Å². The van der Waals surface area contributed by atoms with E-state index in [9.17, 15) is 9.59 Å². The van der Waals surface area contributed by atoms with Gasteiger partial charge in [-0.25, -0.2) is 4.98 Å². The second-order valence-corrected chi connectivity index (χ2v) is 6.85. The highest BCUT2D eigenvalue weighted by Crippen LogP contribution is 2.25. The number of nitrogens with zero attached hydrogens (tertiary/aromatic N) is 2. The average molecular weight is 362 g/mol. The number of benzene rings is 1. The van der Waals surface area contributed by atoms with Gasteiger partial charge in [-0.05, 0) is 43.2 Å². The maximum atomic E-state index is 12.9. The molecule has 1 aliphatic heterocycles. The Hall–Kier alpha value is -3.15. The van der Waals surface area contributed by atoms with Crippen LogP contribution in [0.3, 0.4) is 0 Å². The Bertz CT molecular complexity index is 995. The molecule has 0 spiro atoms. The minimum absolute atomic E-state index is 0.0284. The number of carbonyl (C=O) groups is 2. The van der Waals surface area contributed by atoms with E-state index in [1.807, 2.05) is 49.6 Å². The third-order valence-electron chi connectivity index (χ3n) is 5.04. The Morgan fingerprint density at radius 2 is 2.15 bits per heavy atom. The molecule has 0 radical (unpaired) electrons. The molecule has 1 fully saturated rings. The number of H-pyrrole nitrogens is 1. The molecule has 0 bridgehead atoms. The van der Waals surface area contributed by atoms with E-state index in [1.165, 1.54) is 0 Å². The van der Waals surface area contributed by atoms with E-state index in [-0.39, 0.29) is 17.7 Å². The SMILES string of the molecule is CCNC(=O)[C@H]1CCN(C(=O)c2cccc(-c3cnc4[nH]ccc4c3)c2)C1. The lowest BCUT2D eigenvalue weighted by atomic mass is 10.0. The van der Waals surface area contributed by atoms with E-state index in [4.69, 9.17) is 0 Å². The van der Waals surface area contributed by atoms with Crippen LogP contribution in [-0.4, -0.2) is 46.3 Å². The number of pyridine rings is 1. The fourth-order valence-corrected chi connectivity index (χ4v) is 3.59. The van der Waals surface area contributed by atoms with E-state index in [0.717, 1.165) is 22.2 Å². The van der Waals surface area contributed by atoms with E-state index in [1.54, 1.807) is 4.90 Å². The Labute approximate surface area is 157 Å². The first-order chi connectivity index (χ1) is 13.2. The Kier molecular flexibility index (Phi) is 4.62. The number of rotatable bonds is 4. The number of aromatic nitrogens is 2. The Morgan fingerprint density at radius 1 is 1.26 bits per heavy atom. The van der Waals surface area contributed by atoms with Gasteiger partial charge in [0.2, 0.25) is 5.91 Å². The molecule has 138 valence electrons. The van der Waals surface area contributed by atoms with Gasteiger partial charge in [0.1, 0.15) is 5.65 Å².